The Morgan fingerprint density at radius 1 is 1.17 bits per heavy atom. The number of carboxylic acids is 1. The molecule has 5 nitrogen and oxygen atoms in total. The summed E-state index contributed by atoms with van der Waals surface area (Å²) >= 11 is 0. The molecule has 130 valence electrons. The molecule has 0 aliphatic heterocycles. The van der Waals surface area contributed by atoms with Crippen LogP contribution in [0.15, 0.2) is 29.2 Å². The van der Waals surface area contributed by atoms with Crippen molar-refractivity contribution < 1.29 is 44.7 Å². The third-order valence-corrected chi connectivity index (χ3v) is 4.01. The highest BCUT2D eigenvalue weighted by atomic mass is 32.2. The summed E-state index contributed by atoms with van der Waals surface area (Å²) in [4.78, 5) is 9.32. The molecule has 0 bridgehead atoms. The van der Waals surface area contributed by atoms with Crippen molar-refractivity contribution in [3.05, 3.63) is 29.8 Å². The summed E-state index contributed by atoms with van der Waals surface area (Å²) in [7, 11) is -5.00. The molecule has 0 fully saturated rings. The normalized spacial score (nSPS) is 14.5. The van der Waals surface area contributed by atoms with Crippen LogP contribution in [0.5, 0.6) is 0 Å². The number of benzene rings is 1. The van der Waals surface area contributed by atoms with Crippen LogP contribution in [-0.2, 0) is 21.0 Å². The van der Waals surface area contributed by atoms with Crippen molar-refractivity contribution in [2.45, 2.75) is 29.7 Å². The largest absolute Gasteiger partial charge is 0.481 e. The monoisotopic (exact) mass is 365 g/mol. The minimum absolute atomic E-state index is 0.149. The van der Waals surface area contributed by atoms with Gasteiger partial charge in [-0.05, 0) is 18.2 Å². The molecular weight excluding hydrogens is 356 g/mol. The Bertz CT molecular complexity index is 682. The molecule has 0 saturated heterocycles. The molecule has 1 aromatic carbocycles. The molecule has 0 aromatic heterocycles. The van der Waals surface area contributed by atoms with E-state index in [0.29, 0.717) is 18.2 Å². The van der Waals surface area contributed by atoms with Gasteiger partial charge in [0.25, 0.3) is 0 Å². The fraction of sp³-hybridized carbons (Fsp3) is 0.364. The Hall–Kier alpha value is -1.82. The molecule has 1 unspecified atom stereocenters. The van der Waals surface area contributed by atoms with Crippen molar-refractivity contribution in [3.63, 3.8) is 0 Å². The fourth-order valence-corrected chi connectivity index (χ4v) is 2.76. The molecule has 0 radical (unpaired) electrons. The Balaban J connectivity index is 3.18. The second kappa shape index (κ2) is 6.35. The van der Waals surface area contributed by atoms with Crippen molar-refractivity contribution in [1.82, 2.24) is 4.72 Å². The highest BCUT2D eigenvalue weighted by Gasteiger charge is 2.44. The number of sulfonamides is 1. The Morgan fingerprint density at radius 2 is 1.74 bits per heavy atom. The topological polar surface area (TPSA) is 83.5 Å². The first-order valence-corrected chi connectivity index (χ1v) is 7.20. The van der Waals surface area contributed by atoms with Gasteiger partial charge in [0.1, 0.15) is 6.04 Å². The maximum Gasteiger partial charge on any atom is 0.416 e. The van der Waals surface area contributed by atoms with Gasteiger partial charge in [-0.2, -0.15) is 31.1 Å². The summed E-state index contributed by atoms with van der Waals surface area (Å²) in [5, 5.41) is 8.38. The molecule has 23 heavy (non-hydrogen) atoms. The van der Waals surface area contributed by atoms with Crippen LogP contribution < -0.4 is 4.72 Å². The van der Waals surface area contributed by atoms with Gasteiger partial charge in [0.15, 0.2) is 0 Å². The van der Waals surface area contributed by atoms with E-state index in [2.05, 4.69) is 0 Å². The van der Waals surface area contributed by atoms with Crippen LogP contribution in [0.3, 0.4) is 0 Å². The molecule has 0 saturated carbocycles. The van der Waals surface area contributed by atoms with Crippen LogP contribution in [0.4, 0.5) is 26.3 Å². The van der Waals surface area contributed by atoms with Gasteiger partial charge < -0.3 is 5.11 Å². The smallest absolute Gasteiger partial charge is 0.416 e. The molecular formula is C11H9F6NO4S. The van der Waals surface area contributed by atoms with Crippen LogP contribution in [0.2, 0.25) is 0 Å². The van der Waals surface area contributed by atoms with E-state index in [4.69, 9.17) is 5.11 Å². The van der Waals surface area contributed by atoms with E-state index in [9.17, 15) is 39.6 Å². The number of nitrogens with one attached hydrogen (secondary N) is 1. The van der Waals surface area contributed by atoms with E-state index in [-0.39, 0.29) is 6.07 Å². The summed E-state index contributed by atoms with van der Waals surface area (Å²) in [5.74, 6) is -1.93. The summed E-state index contributed by atoms with van der Waals surface area (Å²) in [6, 6.07) is -0.920. The number of aliphatic carboxylic acids is 1. The van der Waals surface area contributed by atoms with Crippen molar-refractivity contribution in [2.24, 2.45) is 0 Å². The Kier molecular flexibility index (Phi) is 5.31. The highest BCUT2D eigenvalue weighted by Crippen LogP contribution is 2.31. The van der Waals surface area contributed by atoms with Crippen LogP contribution >= 0.6 is 0 Å². The maximum atomic E-state index is 12.6. The number of carbonyl (C=O) groups is 1. The predicted octanol–water partition coefficient (Wildman–Crippen LogP) is 2.39. The number of halogens is 6. The van der Waals surface area contributed by atoms with E-state index in [1.54, 1.807) is 0 Å². The average molecular weight is 365 g/mol. The van der Waals surface area contributed by atoms with Gasteiger partial charge in [0, 0.05) is 0 Å². The number of alkyl halides is 6. The molecule has 1 atom stereocenters. The van der Waals surface area contributed by atoms with E-state index >= 15 is 0 Å². The van der Waals surface area contributed by atoms with E-state index < -0.39 is 51.3 Å². The quantitative estimate of drug-likeness (QED) is 0.785. The second-order valence-corrected chi connectivity index (χ2v) is 6.05. The predicted molar refractivity (Wildman–Crippen MR) is 63.9 cm³/mol. The van der Waals surface area contributed by atoms with Crippen LogP contribution in [0.25, 0.3) is 0 Å². The Morgan fingerprint density at radius 3 is 2.17 bits per heavy atom. The zero-order chi connectivity index (χ0) is 18.1. The lowest BCUT2D eigenvalue weighted by molar-refractivity contribution is -0.163. The first kappa shape index (κ1) is 19.2. The molecule has 0 aliphatic carbocycles. The number of carboxylic acid groups (broad SMARTS) is 1. The summed E-state index contributed by atoms with van der Waals surface area (Å²) in [6.07, 6.45) is -11.7. The number of rotatable bonds is 5. The molecule has 0 amide bonds. The minimum Gasteiger partial charge on any atom is -0.481 e. The van der Waals surface area contributed by atoms with Gasteiger partial charge in [0.2, 0.25) is 10.0 Å². The molecule has 2 N–H and O–H groups in total. The molecule has 12 heteroatoms. The summed E-state index contributed by atoms with van der Waals surface area (Å²) in [5.41, 5.74) is -1.37. The number of hydrogen-bond acceptors (Lipinski definition) is 3. The molecule has 0 spiro atoms. The molecule has 1 rings (SSSR count). The lowest BCUT2D eigenvalue weighted by atomic mass is 10.2. The van der Waals surface area contributed by atoms with Gasteiger partial charge in [-0.15, -0.1) is 0 Å². The SMILES string of the molecule is O=C(O)CC(NS(=O)(=O)c1cccc(C(F)(F)F)c1)C(F)(F)F. The highest BCUT2D eigenvalue weighted by molar-refractivity contribution is 7.89. The first-order valence-electron chi connectivity index (χ1n) is 5.71. The molecule has 0 heterocycles. The molecule has 0 aliphatic rings. The van der Waals surface area contributed by atoms with Crippen molar-refractivity contribution in [3.8, 4) is 0 Å². The molecule has 1 aromatic rings. The Labute approximate surface area is 126 Å². The lowest BCUT2D eigenvalue weighted by Gasteiger charge is -2.20. The standard InChI is InChI=1S/C11H9F6NO4S/c12-10(13,14)6-2-1-3-7(4-6)23(21,22)18-8(5-9(19)20)11(15,16)17/h1-4,8,18H,5H2,(H,19,20). The van der Waals surface area contributed by atoms with Crippen LogP contribution in [0.1, 0.15) is 12.0 Å². The second-order valence-electron chi connectivity index (χ2n) is 4.34. The van der Waals surface area contributed by atoms with Gasteiger partial charge in [0.05, 0.1) is 16.9 Å². The zero-order valence-electron chi connectivity index (χ0n) is 10.9. The lowest BCUT2D eigenvalue weighted by Crippen LogP contribution is -2.46. The van der Waals surface area contributed by atoms with E-state index in [0.717, 1.165) is 4.72 Å². The number of hydrogen-bond donors (Lipinski definition) is 2. The van der Waals surface area contributed by atoms with Crippen molar-refractivity contribution in [2.75, 3.05) is 0 Å². The maximum absolute atomic E-state index is 12.6. The van der Waals surface area contributed by atoms with Crippen LogP contribution in [-0.4, -0.2) is 31.7 Å². The van der Waals surface area contributed by atoms with Crippen molar-refractivity contribution >= 4 is 16.0 Å². The summed E-state index contributed by atoms with van der Waals surface area (Å²) < 4.78 is 100. The zero-order valence-corrected chi connectivity index (χ0v) is 11.8. The van der Waals surface area contributed by atoms with Crippen LogP contribution in [0, 0.1) is 0 Å². The third kappa shape index (κ3) is 5.39. The minimum atomic E-state index is -5.23. The van der Waals surface area contributed by atoms with E-state index in [1.165, 1.54) is 0 Å². The van der Waals surface area contributed by atoms with Gasteiger partial charge in [-0.3, -0.25) is 4.79 Å². The van der Waals surface area contributed by atoms with Crippen molar-refractivity contribution in [1.29, 1.82) is 0 Å². The van der Waals surface area contributed by atoms with Gasteiger partial charge >= 0.3 is 18.3 Å². The fourth-order valence-electron chi connectivity index (χ4n) is 1.49. The van der Waals surface area contributed by atoms with E-state index in [1.807, 2.05) is 0 Å². The first-order chi connectivity index (χ1) is 10.2. The van der Waals surface area contributed by atoms with Gasteiger partial charge in [-0.1, -0.05) is 6.07 Å². The summed E-state index contributed by atoms with van der Waals surface area (Å²) in [6.45, 7) is 0. The van der Waals surface area contributed by atoms with Gasteiger partial charge in [-0.25, -0.2) is 8.42 Å². The average Bonchev–Trinajstić information content (AvgIpc) is 2.35. The third-order valence-electron chi connectivity index (χ3n) is 2.54.